The molecule has 0 unspecified atom stereocenters. The van der Waals surface area contributed by atoms with Gasteiger partial charge < -0.3 is 10.2 Å². The molecule has 1 aliphatic heterocycles. The number of hydrogen-bond acceptors (Lipinski definition) is 4. The molecule has 0 aliphatic carbocycles. The van der Waals surface area contributed by atoms with E-state index in [-0.39, 0.29) is 23.9 Å². The molecule has 0 saturated carbocycles. The molecule has 0 spiro atoms. The van der Waals surface area contributed by atoms with Crippen LogP contribution in [-0.4, -0.2) is 16.7 Å². The number of amides is 2. The fourth-order valence-electron chi connectivity index (χ4n) is 2.10. The zero-order chi connectivity index (χ0) is 13.6. The van der Waals surface area contributed by atoms with Gasteiger partial charge in [-0.3, -0.25) is 14.5 Å². The van der Waals surface area contributed by atoms with Crippen molar-refractivity contribution in [1.82, 2.24) is 4.90 Å². The van der Waals surface area contributed by atoms with Crippen LogP contribution in [-0.2, 0) is 6.54 Å². The topological polar surface area (TPSA) is 76.5 Å². The molecule has 0 radical (unpaired) electrons. The summed E-state index contributed by atoms with van der Waals surface area (Å²) in [4.78, 5) is 25.5. The first-order valence-electron chi connectivity index (χ1n) is 5.57. The van der Waals surface area contributed by atoms with Crippen LogP contribution in [0.3, 0.4) is 0 Å². The van der Waals surface area contributed by atoms with E-state index in [2.05, 4.69) is 15.9 Å². The lowest BCUT2D eigenvalue weighted by Gasteiger charge is -2.11. The van der Waals surface area contributed by atoms with Gasteiger partial charge in [0.05, 0.1) is 17.7 Å². The number of nitrogens with zero attached hydrogens (tertiary/aromatic N) is 1. The number of imide groups is 1. The summed E-state index contributed by atoms with van der Waals surface area (Å²) >= 11 is 3.18. The Kier molecular flexibility index (Phi) is 2.67. The Morgan fingerprint density at radius 3 is 2.58 bits per heavy atom. The molecule has 1 aromatic heterocycles. The van der Waals surface area contributed by atoms with E-state index in [0.29, 0.717) is 21.7 Å². The molecule has 96 valence electrons. The summed E-state index contributed by atoms with van der Waals surface area (Å²) in [5.41, 5.74) is 6.69. The van der Waals surface area contributed by atoms with Crippen LogP contribution in [0.2, 0.25) is 0 Å². The Labute approximate surface area is 117 Å². The molecule has 0 bridgehead atoms. The lowest BCUT2D eigenvalue weighted by atomic mass is 10.1. The fourth-order valence-corrected chi connectivity index (χ4v) is 2.44. The van der Waals surface area contributed by atoms with Gasteiger partial charge in [0.1, 0.15) is 5.76 Å². The van der Waals surface area contributed by atoms with Crippen molar-refractivity contribution in [3.63, 3.8) is 0 Å². The Bertz CT molecular complexity index is 693. The highest BCUT2D eigenvalue weighted by molar-refractivity contribution is 9.10. The van der Waals surface area contributed by atoms with Gasteiger partial charge in [-0.1, -0.05) is 6.07 Å². The van der Waals surface area contributed by atoms with Gasteiger partial charge in [0.25, 0.3) is 11.8 Å². The number of carbonyl (C=O) groups excluding carboxylic acids is 2. The molecule has 6 heteroatoms. The molecule has 0 atom stereocenters. The first kappa shape index (κ1) is 12.0. The van der Waals surface area contributed by atoms with Gasteiger partial charge in [-0.05, 0) is 40.2 Å². The van der Waals surface area contributed by atoms with Crippen LogP contribution in [0.4, 0.5) is 5.69 Å². The highest BCUT2D eigenvalue weighted by Crippen LogP contribution is 2.29. The van der Waals surface area contributed by atoms with Gasteiger partial charge in [-0.2, -0.15) is 0 Å². The van der Waals surface area contributed by atoms with Gasteiger partial charge in [0, 0.05) is 5.69 Å². The predicted octanol–water partition coefficient (Wildman–Crippen LogP) is 2.42. The van der Waals surface area contributed by atoms with Crippen molar-refractivity contribution < 1.29 is 14.0 Å². The fraction of sp³-hybridized carbons (Fsp3) is 0.0769. The summed E-state index contributed by atoms with van der Waals surface area (Å²) < 4.78 is 5.86. The van der Waals surface area contributed by atoms with E-state index in [1.165, 1.54) is 0 Å². The van der Waals surface area contributed by atoms with E-state index in [1.807, 2.05) is 0 Å². The number of halogens is 1. The third-order valence-electron chi connectivity index (χ3n) is 2.97. The Morgan fingerprint density at radius 2 is 1.95 bits per heavy atom. The largest absolute Gasteiger partial charge is 0.452 e. The van der Waals surface area contributed by atoms with Crippen LogP contribution in [0.25, 0.3) is 0 Å². The first-order valence-corrected chi connectivity index (χ1v) is 6.36. The Balaban J connectivity index is 1.97. The Morgan fingerprint density at radius 1 is 1.16 bits per heavy atom. The van der Waals surface area contributed by atoms with Crippen LogP contribution in [0.1, 0.15) is 26.5 Å². The maximum absolute atomic E-state index is 12.2. The van der Waals surface area contributed by atoms with E-state index < -0.39 is 0 Å². The van der Waals surface area contributed by atoms with Crippen LogP contribution >= 0.6 is 15.9 Å². The zero-order valence-corrected chi connectivity index (χ0v) is 11.3. The van der Waals surface area contributed by atoms with Crippen LogP contribution in [0.5, 0.6) is 0 Å². The molecule has 5 nitrogen and oxygen atoms in total. The van der Waals surface area contributed by atoms with Crippen LogP contribution < -0.4 is 5.73 Å². The number of fused-ring (bicyclic) bond motifs is 1. The summed E-state index contributed by atoms with van der Waals surface area (Å²) in [6.07, 6.45) is 0. The van der Waals surface area contributed by atoms with Crippen molar-refractivity contribution in [3.05, 3.63) is 51.9 Å². The highest BCUT2D eigenvalue weighted by atomic mass is 79.9. The summed E-state index contributed by atoms with van der Waals surface area (Å²) in [6, 6.07) is 8.28. The van der Waals surface area contributed by atoms with Crippen molar-refractivity contribution in [2.75, 3.05) is 5.73 Å². The molecular formula is C13H9BrN2O3. The normalized spacial score (nSPS) is 14.1. The lowest BCUT2D eigenvalue weighted by molar-refractivity contribution is 0.0631. The summed E-state index contributed by atoms with van der Waals surface area (Å²) in [7, 11) is 0. The van der Waals surface area contributed by atoms with Crippen molar-refractivity contribution in [2.45, 2.75) is 6.54 Å². The molecule has 3 rings (SSSR count). The van der Waals surface area contributed by atoms with Crippen LogP contribution in [0, 0.1) is 0 Å². The third-order valence-corrected chi connectivity index (χ3v) is 3.40. The molecule has 0 saturated heterocycles. The van der Waals surface area contributed by atoms with Crippen molar-refractivity contribution in [1.29, 1.82) is 0 Å². The number of furan rings is 1. The smallest absolute Gasteiger partial charge is 0.264 e. The second-order valence-electron chi connectivity index (χ2n) is 4.17. The number of benzene rings is 1. The van der Waals surface area contributed by atoms with Gasteiger partial charge >= 0.3 is 0 Å². The molecule has 2 N–H and O–H groups in total. The number of hydrogen-bond donors (Lipinski definition) is 1. The summed E-state index contributed by atoms with van der Waals surface area (Å²) in [5.74, 6) is -0.203. The minimum atomic E-state index is -0.384. The minimum absolute atomic E-state index is 0.0946. The highest BCUT2D eigenvalue weighted by Gasteiger charge is 2.37. The minimum Gasteiger partial charge on any atom is -0.452 e. The molecule has 2 aromatic rings. The molecule has 2 heterocycles. The number of rotatable bonds is 2. The van der Waals surface area contributed by atoms with Gasteiger partial charge in [-0.15, -0.1) is 0 Å². The third kappa shape index (κ3) is 1.84. The van der Waals surface area contributed by atoms with E-state index in [4.69, 9.17) is 10.2 Å². The predicted molar refractivity (Wildman–Crippen MR) is 71.5 cm³/mol. The first-order chi connectivity index (χ1) is 9.08. The van der Waals surface area contributed by atoms with E-state index >= 15 is 0 Å². The second-order valence-corrected chi connectivity index (χ2v) is 4.95. The average molecular weight is 321 g/mol. The molecule has 0 fully saturated rings. The van der Waals surface area contributed by atoms with Gasteiger partial charge in [-0.25, -0.2) is 0 Å². The molecule has 1 aromatic carbocycles. The maximum atomic E-state index is 12.2. The molecule has 1 aliphatic rings. The second kappa shape index (κ2) is 4.24. The monoisotopic (exact) mass is 320 g/mol. The van der Waals surface area contributed by atoms with E-state index in [9.17, 15) is 9.59 Å². The maximum Gasteiger partial charge on any atom is 0.264 e. The van der Waals surface area contributed by atoms with Crippen molar-refractivity contribution >= 4 is 33.4 Å². The van der Waals surface area contributed by atoms with Gasteiger partial charge in [0.2, 0.25) is 0 Å². The molecule has 19 heavy (non-hydrogen) atoms. The number of nitrogen functional groups attached to an aromatic ring is 1. The van der Waals surface area contributed by atoms with Crippen LogP contribution in [0.15, 0.2) is 39.4 Å². The number of nitrogens with two attached hydrogens (primary N) is 1. The average Bonchev–Trinajstić information content (AvgIpc) is 2.88. The number of anilines is 1. The Hall–Kier alpha value is -2.08. The van der Waals surface area contributed by atoms with Crippen molar-refractivity contribution in [2.24, 2.45) is 0 Å². The van der Waals surface area contributed by atoms with E-state index in [1.54, 1.807) is 30.3 Å². The zero-order valence-electron chi connectivity index (χ0n) is 9.72. The van der Waals surface area contributed by atoms with Gasteiger partial charge in [0.15, 0.2) is 4.67 Å². The SMILES string of the molecule is Nc1cccc2c1C(=O)N(Cc1ccc(Br)o1)C2=O. The lowest BCUT2D eigenvalue weighted by Crippen LogP contribution is -2.29. The van der Waals surface area contributed by atoms with E-state index in [0.717, 1.165) is 4.90 Å². The molecule has 2 amide bonds. The molecular weight excluding hydrogens is 312 g/mol. The van der Waals surface area contributed by atoms with Crippen molar-refractivity contribution in [3.8, 4) is 0 Å². The quantitative estimate of drug-likeness (QED) is 0.681. The standard InChI is InChI=1S/C13H9BrN2O3/c14-10-5-4-7(19-10)6-16-12(17)8-2-1-3-9(15)11(8)13(16)18/h1-5H,6,15H2. The summed E-state index contributed by atoms with van der Waals surface area (Å²) in [6.45, 7) is 0.0946. The number of carbonyl (C=O) groups is 2. The summed E-state index contributed by atoms with van der Waals surface area (Å²) in [5, 5.41) is 0.